The van der Waals surface area contributed by atoms with E-state index in [0.717, 1.165) is 71.5 Å². The topological polar surface area (TPSA) is 54.7 Å². The van der Waals surface area contributed by atoms with Gasteiger partial charge in [0.05, 0.1) is 12.9 Å². The third kappa shape index (κ3) is 6.98. The summed E-state index contributed by atoms with van der Waals surface area (Å²) < 4.78 is 11.8. The van der Waals surface area contributed by atoms with E-state index in [2.05, 4.69) is 68.2 Å². The zero-order valence-corrected chi connectivity index (χ0v) is 22.1. The van der Waals surface area contributed by atoms with Crippen LogP contribution in [0.2, 0.25) is 0 Å². The highest BCUT2D eigenvalue weighted by Crippen LogP contribution is 2.37. The largest absolute Gasteiger partial charge is 0.493 e. The number of fused-ring (bicyclic) bond motifs is 1. The minimum atomic E-state index is -0.0775. The number of rotatable bonds is 12. The summed E-state index contributed by atoms with van der Waals surface area (Å²) in [4.78, 5) is 15.2. The third-order valence-electron chi connectivity index (χ3n) is 6.51. The van der Waals surface area contributed by atoms with Gasteiger partial charge in [-0.25, -0.2) is 0 Å². The summed E-state index contributed by atoms with van der Waals surface area (Å²) in [6.07, 6.45) is 5.50. The first kappa shape index (κ1) is 26.6. The van der Waals surface area contributed by atoms with Crippen LogP contribution in [0.1, 0.15) is 58.6 Å². The second-order valence-electron chi connectivity index (χ2n) is 9.20. The van der Waals surface area contributed by atoms with E-state index < -0.39 is 0 Å². The van der Waals surface area contributed by atoms with Gasteiger partial charge in [-0.3, -0.25) is 4.79 Å². The number of hydrogen-bond acceptors (Lipinski definition) is 4. The number of carbonyl (C=O) groups is 1. The molecule has 0 fully saturated rings. The van der Waals surface area contributed by atoms with Crippen LogP contribution in [0.5, 0.6) is 5.75 Å². The minimum Gasteiger partial charge on any atom is -0.493 e. The monoisotopic (exact) mass is 476 g/mol. The number of nitrogens with one attached hydrogen (secondary N) is 1. The van der Waals surface area contributed by atoms with Gasteiger partial charge in [-0.2, -0.15) is 0 Å². The first-order valence-corrected chi connectivity index (χ1v) is 12.8. The number of hydrogen-bond donors (Lipinski definition) is 1. The van der Waals surface area contributed by atoms with Gasteiger partial charge in [-0.05, 0) is 77.4 Å². The molecule has 0 aliphatic rings. The van der Waals surface area contributed by atoms with E-state index in [9.17, 15) is 4.79 Å². The van der Waals surface area contributed by atoms with Crippen molar-refractivity contribution in [1.29, 1.82) is 0 Å². The molecule has 3 aromatic rings. The van der Waals surface area contributed by atoms with Crippen LogP contribution >= 0.6 is 0 Å². The first-order chi connectivity index (χ1) is 16.9. The molecule has 2 aromatic carbocycles. The van der Waals surface area contributed by atoms with E-state index in [1.54, 1.807) is 12.3 Å². The second-order valence-corrected chi connectivity index (χ2v) is 9.20. The van der Waals surface area contributed by atoms with Gasteiger partial charge in [0, 0.05) is 34.7 Å². The molecule has 0 aliphatic carbocycles. The van der Waals surface area contributed by atoms with Crippen molar-refractivity contribution in [2.75, 3.05) is 26.2 Å². The van der Waals surface area contributed by atoms with Crippen LogP contribution in [0.3, 0.4) is 0 Å². The molecular formula is C30H40N2O3. The highest BCUT2D eigenvalue weighted by atomic mass is 16.5. The van der Waals surface area contributed by atoms with Gasteiger partial charge in [0.25, 0.3) is 0 Å². The number of nitrogens with zero attached hydrogens (tertiary/aromatic N) is 1. The molecule has 3 rings (SSSR count). The number of ether oxygens (including phenoxy) is 1. The van der Waals surface area contributed by atoms with Crippen LogP contribution in [0.15, 0.2) is 53.2 Å². The summed E-state index contributed by atoms with van der Waals surface area (Å²) in [5.41, 5.74) is 5.88. The van der Waals surface area contributed by atoms with Gasteiger partial charge >= 0.3 is 0 Å². The Morgan fingerprint density at radius 1 is 1.14 bits per heavy atom. The Hall–Kier alpha value is -3.05. The maximum atomic E-state index is 12.8. The molecule has 1 heterocycles. The summed E-state index contributed by atoms with van der Waals surface area (Å²) in [5, 5.41) is 4.13. The lowest BCUT2D eigenvalue weighted by molar-refractivity contribution is -0.117. The zero-order chi connectivity index (χ0) is 25.4. The van der Waals surface area contributed by atoms with Gasteiger partial charge in [0.2, 0.25) is 5.91 Å². The highest BCUT2D eigenvalue weighted by molar-refractivity contribution is 6.00. The maximum absolute atomic E-state index is 12.8. The average molecular weight is 477 g/mol. The highest BCUT2D eigenvalue weighted by Gasteiger charge is 2.16. The molecule has 1 unspecified atom stereocenters. The summed E-state index contributed by atoms with van der Waals surface area (Å²) in [6, 6.07) is 12.5. The molecule has 35 heavy (non-hydrogen) atoms. The lowest BCUT2D eigenvalue weighted by atomic mass is 9.98. The van der Waals surface area contributed by atoms with Crippen molar-refractivity contribution in [3.63, 3.8) is 0 Å². The Balaban J connectivity index is 1.80. The Bertz CT molecular complexity index is 1140. The van der Waals surface area contributed by atoms with Crippen LogP contribution in [0, 0.1) is 6.92 Å². The van der Waals surface area contributed by atoms with Crippen molar-refractivity contribution in [2.24, 2.45) is 0 Å². The van der Waals surface area contributed by atoms with Crippen LogP contribution in [0.25, 0.3) is 27.7 Å². The van der Waals surface area contributed by atoms with Crippen molar-refractivity contribution in [3.8, 4) is 16.9 Å². The van der Waals surface area contributed by atoms with Crippen molar-refractivity contribution < 1.29 is 13.9 Å². The molecule has 0 aliphatic heterocycles. The Kier molecular flexibility index (Phi) is 9.55. The van der Waals surface area contributed by atoms with Gasteiger partial charge in [0.15, 0.2) is 0 Å². The smallest absolute Gasteiger partial charge is 0.244 e. The Morgan fingerprint density at radius 2 is 1.86 bits per heavy atom. The average Bonchev–Trinajstić information content (AvgIpc) is 3.24. The fourth-order valence-corrected chi connectivity index (χ4v) is 4.39. The molecule has 5 heteroatoms. The number of benzene rings is 2. The number of aryl methyl sites for hydroxylation is 1. The van der Waals surface area contributed by atoms with Crippen LogP contribution in [-0.2, 0) is 4.79 Å². The number of amides is 1. The second kappa shape index (κ2) is 12.6. The number of allylic oxidation sites excluding steroid dienone is 1. The van der Waals surface area contributed by atoms with Gasteiger partial charge < -0.3 is 19.4 Å². The van der Waals surface area contributed by atoms with Crippen molar-refractivity contribution >= 4 is 22.4 Å². The predicted molar refractivity (Wildman–Crippen MR) is 146 cm³/mol. The van der Waals surface area contributed by atoms with Crippen LogP contribution in [0.4, 0.5) is 0 Å². The molecule has 5 nitrogen and oxygen atoms in total. The molecule has 1 atom stereocenters. The van der Waals surface area contributed by atoms with E-state index in [4.69, 9.17) is 9.15 Å². The molecule has 0 saturated carbocycles. The molecule has 188 valence electrons. The lowest BCUT2D eigenvalue weighted by Gasteiger charge is -2.19. The summed E-state index contributed by atoms with van der Waals surface area (Å²) in [7, 11) is 0. The normalized spacial score (nSPS) is 12.8. The molecule has 0 radical (unpaired) electrons. The fraction of sp³-hybridized carbons (Fsp3) is 0.433. The Morgan fingerprint density at radius 3 is 2.51 bits per heavy atom. The zero-order valence-electron chi connectivity index (χ0n) is 22.1. The third-order valence-corrected chi connectivity index (χ3v) is 6.51. The summed E-state index contributed by atoms with van der Waals surface area (Å²) >= 11 is 0. The van der Waals surface area contributed by atoms with Crippen molar-refractivity contribution in [3.05, 3.63) is 59.9 Å². The maximum Gasteiger partial charge on any atom is 0.244 e. The molecule has 0 bridgehead atoms. The molecular weight excluding hydrogens is 436 g/mol. The number of carbonyl (C=O) groups excluding carboxylic acids is 1. The number of furan rings is 1. The SMILES string of the molecule is CCOc1cc2occ(-c3ccc(C)cc3)c2cc1/C(C)=C/C(=O)NC(C)CCCN(CC)CC. The van der Waals surface area contributed by atoms with Gasteiger partial charge in [0.1, 0.15) is 11.3 Å². The lowest BCUT2D eigenvalue weighted by Crippen LogP contribution is -2.32. The van der Waals surface area contributed by atoms with E-state index in [1.807, 2.05) is 19.9 Å². The first-order valence-electron chi connectivity index (χ1n) is 12.8. The molecule has 0 saturated heterocycles. The molecule has 1 aromatic heterocycles. The molecule has 0 spiro atoms. The van der Waals surface area contributed by atoms with Crippen molar-refractivity contribution in [2.45, 2.75) is 60.4 Å². The molecule has 1 amide bonds. The van der Waals surface area contributed by atoms with E-state index in [-0.39, 0.29) is 11.9 Å². The van der Waals surface area contributed by atoms with Gasteiger partial charge in [-0.1, -0.05) is 43.7 Å². The summed E-state index contributed by atoms with van der Waals surface area (Å²) in [6.45, 7) is 16.2. The quantitative estimate of drug-likeness (QED) is 0.291. The van der Waals surface area contributed by atoms with E-state index in [1.165, 1.54) is 5.56 Å². The predicted octanol–water partition coefficient (Wildman–Crippen LogP) is 6.84. The van der Waals surface area contributed by atoms with Crippen LogP contribution < -0.4 is 10.1 Å². The Labute approximate surface area is 210 Å². The van der Waals surface area contributed by atoms with Crippen molar-refractivity contribution in [1.82, 2.24) is 10.2 Å². The minimum absolute atomic E-state index is 0.0775. The fourth-order valence-electron chi connectivity index (χ4n) is 4.39. The van der Waals surface area contributed by atoms with E-state index in [0.29, 0.717) is 6.61 Å². The standard InChI is InChI=1S/C30H40N2O3/c1-7-32(8-2)16-10-11-23(6)31-30(33)17-22(5)25-18-26-27(24-14-12-21(4)13-15-24)20-35-29(26)19-28(25)34-9-3/h12-15,17-20,23H,7-11,16H2,1-6H3,(H,31,33)/b22-17+. The van der Waals surface area contributed by atoms with E-state index >= 15 is 0 Å². The van der Waals surface area contributed by atoms with Gasteiger partial charge in [-0.15, -0.1) is 0 Å². The van der Waals surface area contributed by atoms with Crippen LogP contribution in [-0.4, -0.2) is 43.1 Å². The summed E-state index contributed by atoms with van der Waals surface area (Å²) in [5.74, 6) is 0.643. The molecule has 1 N–H and O–H groups in total.